The van der Waals surface area contributed by atoms with E-state index in [2.05, 4.69) is 17.2 Å². The first-order chi connectivity index (χ1) is 9.72. The average molecular weight is 288 g/mol. The molecule has 0 bridgehead atoms. The van der Waals surface area contributed by atoms with Crippen LogP contribution in [0.1, 0.15) is 30.4 Å². The molecule has 0 aromatic carbocycles. The number of nitrogens with zero attached hydrogens (tertiary/aromatic N) is 1. The summed E-state index contributed by atoms with van der Waals surface area (Å²) in [5.74, 6) is 3.35. The summed E-state index contributed by atoms with van der Waals surface area (Å²) >= 11 is 1.64. The smallest absolute Gasteiger partial charge is 0.208 e. The number of aryl methyl sites for hydroxylation is 1. The number of rotatable bonds is 5. The van der Waals surface area contributed by atoms with E-state index in [0.717, 1.165) is 22.2 Å². The summed E-state index contributed by atoms with van der Waals surface area (Å²) in [6, 6.07) is 8.10. The number of nitrogens with one attached hydrogen (secondary N) is 1. The van der Waals surface area contributed by atoms with E-state index >= 15 is 0 Å². The van der Waals surface area contributed by atoms with Crippen LogP contribution in [-0.2, 0) is 6.54 Å². The standard InChI is InChI=1S/C15H16N2O2S/c1-10-5-6-12(18-10)11(2)16-9-15-17-8-13(19-15)14-4-3-7-20-14/h3-8,11,16H,9H2,1-2H3/t11-/m1/s1. The van der Waals surface area contributed by atoms with E-state index in [1.807, 2.05) is 36.6 Å². The molecule has 104 valence electrons. The van der Waals surface area contributed by atoms with Gasteiger partial charge < -0.3 is 8.83 Å². The normalized spacial score (nSPS) is 12.7. The maximum atomic E-state index is 5.73. The van der Waals surface area contributed by atoms with Crippen LogP contribution in [0.2, 0.25) is 0 Å². The quantitative estimate of drug-likeness (QED) is 0.766. The zero-order valence-electron chi connectivity index (χ0n) is 11.4. The Morgan fingerprint density at radius 2 is 2.20 bits per heavy atom. The molecule has 3 aromatic heterocycles. The molecule has 0 aliphatic heterocycles. The van der Waals surface area contributed by atoms with Crippen molar-refractivity contribution in [1.82, 2.24) is 10.3 Å². The maximum Gasteiger partial charge on any atom is 0.208 e. The molecule has 1 N–H and O–H groups in total. The van der Waals surface area contributed by atoms with Gasteiger partial charge in [-0.1, -0.05) is 6.07 Å². The summed E-state index contributed by atoms with van der Waals surface area (Å²) in [5, 5.41) is 5.37. The van der Waals surface area contributed by atoms with Gasteiger partial charge in [0.05, 0.1) is 23.7 Å². The van der Waals surface area contributed by atoms with Crippen molar-refractivity contribution in [2.24, 2.45) is 0 Å². The molecule has 0 spiro atoms. The molecule has 0 aliphatic carbocycles. The van der Waals surface area contributed by atoms with Crippen LogP contribution in [0.3, 0.4) is 0 Å². The van der Waals surface area contributed by atoms with Gasteiger partial charge in [0.15, 0.2) is 5.76 Å². The molecular formula is C15H16N2O2S. The third-order valence-electron chi connectivity index (χ3n) is 3.06. The van der Waals surface area contributed by atoms with Gasteiger partial charge in [-0.15, -0.1) is 11.3 Å². The van der Waals surface area contributed by atoms with Crippen LogP contribution in [-0.4, -0.2) is 4.98 Å². The van der Waals surface area contributed by atoms with E-state index in [0.29, 0.717) is 12.4 Å². The first kappa shape index (κ1) is 13.1. The van der Waals surface area contributed by atoms with Gasteiger partial charge in [-0.05, 0) is 37.4 Å². The third kappa shape index (κ3) is 2.84. The summed E-state index contributed by atoms with van der Waals surface area (Å²) in [7, 11) is 0. The van der Waals surface area contributed by atoms with Crippen molar-refractivity contribution in [2.45, 2.75) is 26.4 Å². The molecule has 0 saturated carbocycles. The fourth-order valence-corrected chi connectivity index (χ4v) is 2.62. The molecule has 4 nitrogen and oxygen atoms in total. The average Bonchev–Trinajstić information content (AvgIpc) is 3.16. The highest BCUT2D eigenvalue weighted by atomic mass is 32.1. The van der Waals surface area contributed by atoms with Crippen LogP contribution in [0.4, 0.5) is 0 Å². The topological polar surface area (TPSA) is 51.2 Å². The third-order valence-corrected chi connectivity index (χ3v) is 3.95. The maximum absolute atomic E-state index is 5.73. The van der Waals surface area contributed by atoms with Gasteiger partial charge in [0.2, 0.25) is 5.89 Å². The lowest BCUT2D eigenvalue weighted by Crippen LogP contribution is -2.17. The van der Waals surface area contributed by atoms with E-state index < -0.39 is 0 Å². The molecule has 5 heteroatoms. The summed E-state index contributed by atoms with van der Waals surface area (Å²) < 4.78 is 11.3. The predicted octanol–water partition coefficient (Wildman–Crippen LogP) is 4.16. The fraction of sp³-hybridized carbons (Fsp3) is 0.267. The van der Waals surface area contributed by atoms with Crippen molar-refractivity contribution in [3.63, 3.8) is 0 Å². The molecular weight excluding hydrogens is 272 g/mol. The van der Waals surface area contributed by atoms with Gasteiger partial charge in [0, 0.05) is 0 Å². The van der Waals surface area contributed by atoms with Crippen LogP contribution in [0.25, 0.3) is 10.6 Å². The van der Waals surface area contributed by atoms with Crippen LogP contribution in [0, 0.1) is 6.92 Å². The number of aromatic nitrogens is 1. The number of thiophene rings is 1. The monoisotopic (exact) mass is 288 g/mol. The fourth-order valence-electron chi connectivity index (χ4n) is 1.95. The highest BCUT2D eigenvalue weighted by Gasteiger charge is 2.11. The molecule has 0 aliphatic rings. The van der Waals surface area contributed by atoms with Crippen LogP contribution >= 0.6 is 11.3 Å². The molecule has 3 heterocycles. The molecule has 0 radical (unpaired) electrons. The van der Waals surface area contributed by atoms with E-state index in [1.54, 1.807) is 17.5 Å². The van der Waals surface area contributed by atoms with Crippen molar-refractivity contribution in [3.05, 3.63) is 53.3 Å². The minimum absolute atomic E-state index is 0.126. The predicted molar refractivity (Wildman–Crippen MR) is 78.5 cm³/mol. The van der Waals surface area contributed by atoms with Crippen molar-refractivity contribution in [3.8, 4) is 10.6 Å². The molecule has 0 amide bonds. The molecule has 0 saturated heterocycles. The second-order valence-electron chi connectivity index (χ2n) is 4.65. The van der Waals surface area contributed by atoms with Gasteiger partial charge in [0.25, 0.3) is 0 Å². The second kappa shape index (κ2) is 5.64. The van der Waals surface area contributed by atoms with E-state index in [4.69, 9.17) is 8.83 Å². The highest BCUT2D eigenvalue weighted by Crippen LogP contribution is 2.25. The number of furan rings is 1. The number of hydrogen-bond acceptors (Lipinski definition) is 5. The first-order valence-electron chi connectivity index (χ1n) is 6.50. The van der Waals surface area contributed by atoms with Gasteiger partial charge in [-0.2, -0.15) is 0 Å². The van der Waals surface area contributed by atoms with Crippen molar-refractivity contribution in [1.29, 1.82) is 0 Å². The van der Waals surface area contributed by atoms with E-state index in [1.165, 1.54) is 0 Å². The second-order valence-corrected chi connectivity index (χ2v) is 5.59. The SMILES string of the molecule is Cc1ccc([C@@H](C)NCc2ncc(-c3cccs3)o2)o1. The Morgan fingerprint density at radius 3 is 2.90 bits per heavy atom. The van der Waals surface area contributed by atoms with E-state index in [-0.39, 0.29) is 6.04 Å². The van der Waals surface area contributed by atoms with Crippen LogP contribution < -0.4 is 5.32 Å². The Kier molecular flexibility index (Phi) is 3.71. The Labute approximate surface area is 121 Å². The molecule has 3 rings (SSSR count). The molecule has 1 atom stereocenters. The van der Waals surface area contributed by atoms with Gasteiger partial charge in [-0.25, -0.2) is 4.98 Å². The van der Waals surface area contributed by atoms with Crippen molar-refractivity contribution < 1.29 is 8.83 Å². The zero-order chi connectivity index (χ0) is 13.9. The molecule has 3 aromatic rings. The Morgan fingerprint density at radius 1 is 1.30 bits per heavy atom. The molecule has 20 heavy (non-hydrogen) atoms. The van der Waals surface area contributed by atoms with Gasteiger partial charge >= 0.3 is 0 Å². The van der Waals surface area contributed by atoms with Crippen molar-refractivity contribution >= 4 is 11.3 Å². The molecule has 0 unspecified atom stereocenters. The lowest BCUT2D eigenvalue weighted by atomic mass is 10.2. The highest BCUT2D eigenvalue weighted by molar-refractivity contribution is 7.13. The lowest BCUT2D eigenvalue weighted by molar-refractivity contribution is 0.394. The zero-order valence-corrected chi connectivity index (χ0v) is 12.2. The lowest BCUT2D eigenvalue weighted by Gasteiger charge is -2.09. The summed E-state index contributed by atoms with van der Waals surface area (Å²) in [6.07, 6.45) is 1.77. The minimum atomic E-state index is 0.126. The summed E-state index contributed by atoms with van der Waals surface area (Å²) in [5.41, 5.74) is 0. The number of hydrogen-bond donors (Lipinski definition) is 1. The largest absolute Gasteiger partial charge is 0.465 e. The summed E-state index contributed by atoms with van der Waals surface area (Å²) in [4.78, 5) is 5.39. The summed E-state index contributed by atoms with van der Waals surface area (Å²) in [6.45, 7) is 4.57. The minimum Gasteiger partial charge on any atom is -0.465 e. The Balaban J connectivity index is 1.61. The first-order valence-corrected chi connectivity index (χ1v) is 7.38. The van der Waals surface area contributed by atoms with Crippen LogP contribution in [0.15, 0.2) is 44.7 Å². The van der Waals surface area contributed by atoms with Crippen LogP contribution in [0.5, 0.6) is 0 Å². The molecule has 0 fully saturated rings. The Hall–Kier alpha value is -1.85. The van der Waals surface area contributed by atoms with E-state index in [9.17, 15) is 0 Å². The van der Waals surface area contributed by atoms with Gasteiger partial charge in [0.1, 0.15) is 11.5 Å². The van der Waals surface area contributed by atoms with Crippen molar-refractivity contribution in [2.75, 3.05) is 0 Å². The van der Waals surface area contributed by atoms with Gasteiger partial charge in [-0.3, -0.25) is 5.32 Å². The number of oxazole rings is 1. The Bertz CT molecular complexity index is 670.